The molecular weight excluding hydrogens is 428 g/mol. The Morgan fingerprint density at radius 2 is 1.81 bits per heavy atom. The van der Waals surface area contributed by atoms with Gasteiger partial charge in [0.15, 0.2) is 10.8 Å². The molecule has 0 saturated heterocycles. The number of hydrogen-bond acceptors (Lipinski definition) is 6. The molecule has 0 fully saturated rings. The molecule has 2 aromatic heterocycles. The van der Waals surface area contributed by atoms with Gasteiger partial charge in [0.05, 0.1) is 23.3 Å². The predicted molar refractivity (Wildman–Crippen MR) is 126 cm³/mol. The highest BCUT2D eigenvalue weighted by molar-refractivity contribution is 7.99. The van der Waals surface area contributed by atoms with Gasteiger partial charge in [0.2, 0.25) is 5.91 Å². The SMILES string of the molecule is CCN(C(=O)CSc1nc2ccccc2[nH]1)c1c(N)n(Cc2ccccc2)c(=O)[nH]c1=O. The van der Waals surface area contributed by atoms with Crippen molar-refractivity contribution in [1.82, 2.24) is 19.5 Å². The van der Waals surface area contributed by atoms with Gasteiger partial charge in [-0.3, -0.25) is 19.1 Å². The predicted octanol–water partition coefficient (Wildman–Crippen LogP) is 2.19. The van der Waals surface area contributed by atoms with Crippen LogP contribution in [0.2, 0.25) is 0 Å². The summed E-state index contributed by atoms with van der Waals surface area (Å²) in [6.07, 6.45) is 0. The van der Waals surface area contributed by atoms with Crippen molar-refractivity contribution in [2.75, 3.05) is 22.9 Å². The Balaban J connectivity index is 1.59. The number of hydrogen-bond donors (Lipinski definition) is 3. The van der Waals surface area contributed by atoms with Gasteiger partial charge in [-0.1, -0.05) is 54.2 Å². The third kappa shape index (κ3) is 4.30. The number of benzene rings is 2. The molecule has 4 rings (SSSR count). The van der Waals surface area contributed by atoms with Crippen LogP contribution in [0.4, 0.5) is 11.5 Å². The molecule has 4 aromatic rings. The number of H-pyrrole nitrogens is 2. The number of amides is 1. The quantitative estimate of drug-likeness (QED) is 0.370. The van der Waals surface area contributed by atoms with Gasteiger partial charge in [-0.05, 0) is 24.6 Å². The number of carbonyl (C=O) groups excluding carboxylic acids is 1. The number of thioether (sulfide) groups is 1. The lowest BCUT2D eigenvalue weighted by Gasteiger charge is -2.23. The standard InChI is InChI=1S/C22H22N6O3S/c1-2-27(17(29)13-32-21-24-15-10-6-7-11-16(15)25-21)18-19(23)28(22(31)26-20(18)30)12-14-8-4-3-5-9-14/h3-11H,2,12-13,23H2,1H3,(H,24,25)(H,26,30,31). The summed E-state index contributed by atoms with van der Waals surface area (Å²) in [5.41, 5.74) is 7.41. The van der Waals surface area contributed by atoms with Gasteiger partial charge < -0.3 is 15.6 Å². The monoisotopic (exact) mass is 450 g/mol. The van der Waals surface area contributed by atoms with Crippen LogP contribution in [0.15, 0.2) is 69.3 Å². The van der Waals surface area contributed by atoms with Crippen LogP contribution >= 0.6 is 11.8 Å². The van der Waals surface area contributed by atoms with E-state index in [1.165, 1.54) is 21.2 Å². The van der Waals surface area contributed by atoms with Gasteiger partial charge >= 0.3 is 5.69 Å². The van der Waals surface area contributed by atoms with Crippen LogP contribution < -0.4 is 21.9 Å². The number of nitrogens with zero attached hydrogens (tertiary/aromatic N) is 3. The molecule has 2 heterocycles. The fourth-order valence-electron chi connectivity index (χ4n) is 3.43. The van der Waals surface area contributed by atoms with E-state index in [4.69, 9.17) is 5.73 Å². The number of nitrogen functional groups attached to an aromatic ring is 1. The van der Waals surface area contributed by atoms with E-state index in [0.29, 0.717) is 5.16 Å². The number of para-hydroxylation sites is 2. The number of nitrogens with two attached hydrogens (primary N) is 1. The molecule has 0 radical (unpaired) electrons. The van der Waals surface area contributed by atoms with Crippen LogP contribution in [0.1, 0.15) is 12.5 Å². The summed E-state index contributed by atoms with van der Waals surface area (Å²) in [6, 6.07) is 16.8. The maximum atomic E-state index is 13.0. The molecule has 0 unspecified atom stereocenters. The summed E-state index contributed by atoms with van der Waals surface area (Å²) in [5, 5.41) is 0.603. The Hall–Kier alpha value is -3.79. The highest BCUT2D eigenvalue weighted by Crippen LogP contribution is 2.22. The van der Waals surface area contributed by atoms with Crippen LogP contribution in [-0.2, 0) is 11.3 Å². The molecule has 0 saturated carbocycles. The number of carbonyl (C=O) groups is 1. The van der Waals surface area contributed by atoms with Crippen LogP contribution in [0.25, 0.3) is 11.0 Å². The average Bonchev–Trinajstić information content (AvgIpc) is 3.21. The first-order chi connectivity index (χ1) is 15.5. The van der Waals surface area contributed by atoms with Crippen molar-refractivity contribution in [2.24, 2.45) is 0 Å². The summed E-state index contributed by atoms with van der Waals surface area (Å²) in [5.74, 6) is -0.323. The fourth-order valence-corrected chi connectivity index (χ4v) is 4.19. The first-order valence-corrected chi connectivity index (χ1v) is 11.0. The Morgan fingerprint density at radius 1 is 1.09 bits per heavy atom. The molecule has 0 bridgehead atoms. The average molecular weight is 451 g/mol. The molecule has 0 spiro atoms. The number of anilines is 2. The zero-order valence-corrected chi connectivity index (χ0v) is 18.2. The fraction of sp³-hybridized carbons (Fsp3) is 0.182. The lowest BCUT2D eigenvalue weighted by atomic mass is 10.2. The van der Waals surface area contributed by atoms with E-state index < -0.39 is 11.2 Å². The van der Waals surface area contributed by atoms with Crippen LogP contribution in [0, 0.1) is 0 Å². The second-order valence-corrected chi connectivity index (χ2v) is 8.01. The van der Waals surface area contributed by atoms with Crippen molar-refractivity contribution in [2.45, 2.75) is 18.6 Å². The van der Waals surface area contributed by atoms with Gasteiger partial charge in [0.25, 0.3) is 5.56 Å². The Kier molecular flexibility index (Phi) is 6.13. The highest BCUT2D eigenvalue weighted by Gasteiger charge is 2.23. The minimum atomic E-state index is -0.694. The Morgan fingerprint density at radius 3 is 2.53 bits per heavy atom. The molecule has 4 N–H and O–H groups in total. The van der Waals surface area contributed by atoms with Crippen LogP contribution in [-0.4, -0.2) is 37.7 Å². The molecular formula is C22H22N6O3S. The van der Waals surface area contributed by atoms with Gasteiger partial charge in [-0.25, -0.2) is 9.78 Å². The zero-order valence-electron chi connectivity index (χ0n) is 17.4. The maximum absolute atomic E-state index is 13.0. The maximum Gasteiger partial charge on any atom is 0.330 e. The summed E-state index contributed by atoms with van der Waals surface area (Å²) in [6.45, 7) is 2.14. The molecule has 10 heteroatoms. The van der Waals surface area contributed by atoms with Crippen molar-refractivity contribution >= 4 is 40.2 Å². The summed E-state index contributed by atoms with van der Waals surface area (Å²) >= 11 is 1.23. The van der Waals surface area contributed by atoms with E-state index >= 15 is 0 Å². The van der Waals surface area contributed by atoms with Crippen molar-refractivity contribution in [3.8, 4) is 0 Å². The third-order valence-corrected chi connectivity index (χ3v) is 5.84. The summed E-state index contributed by atoms with van der Waals surface area (Å²) < 4.78 is 1.26. The second-order valence-electron chi connectivity index (χ2n) is 7.05. The molecule has 0 atom stereocenters. The highest BCUT2D eigenvalue weighted by atomic mass is 32.2. The topological polar surface area (TPSA) is 130 Å². The third-order valence-electron chi connectivity index (χ3n) is 4.98. The molecule has 0 aliphatic carbocycles. The molecule has 1 amide bonds. The molecule has 164 valence electrons. The Bertz CT molecular complexity index is 1340. The van der Waals surface area contributed by atoms with Crippen LogP contribution in [0.3, 0.4) is 0 Å². The largest absolute Gasteiger partial charge is 0.383 e. The first kappa shape index (κ1) is 21.4. The number of nitrogens with one attached hydrogen (secondary N) is 2. The number of aromatic amines is 2. The van der Waals surface area contributed by atoms with Crippen molar-refractivity contribution < 1.29 is 4.79 Å². The van der Waals surface area contributed by atoms with Gasteiger partial charge in [0.1, 0.15) is 5.82 Å². The van der Waals surface area contributed by atoms with Gasteiger partial charge in [-0.2, -0.15) is 0 Å². The molecule has 0 aliphatic heterocycles. The van der Waals surface area contributed by atoms with E-state index in [1.54, 1.807) is 6.92 Å². The van der Waals surface area contributed by atoms with E-state index in [9.17, 15) is 14.4 Å². The summed E-state index contributed by atoms with van der Waals surface area (Å²) in [7, 11) is 0. The minimum Gasteiger partial charge on any atom is -0.383 e. The molecule has 32 heavy (non-hydrogen) atoms. The smallest absolute Gasteiger partial charge is 0.330 e. The minimum absolute atomic E-state index is 0.0294. The second kappa shape index (κ2) is 9.15. The normalized spacial score (nSPS) is 11.0. The number of fused-ring (bicyclic) bond motifs is 1. The van der Waals surface area contributed by atoms with E-state index in [1.807, 2.05) is 54.6 Å². The molecule has 0 aliphatic rings. The lowest BCUT2D eigenvalue weighted by Crippen LogP contribution is -2.41. The number of aromatic nitrogens is 4. The van der Waals surface area contributed by atoms with Crippen molar-refractivity contribution in [3.05, 3.63) is 81.0 Å². The molecule has 2 aromatic carbocycles. The van der Waals surface area contributed by atoms with Gasteiger partial charge in [-0.15, -0.1) is 0 Å². The number of rotatable bonds is 7. The van der Waals surface area contributed by atoms with Crippen LogP contribution in [0.5, 0.6) is 0 Å². The Labute approximate surface area is 187 Å². The number of imidazole rings is 1. The lowest BCUT2D eigenvalue weighted by molar-refractivity contribution is -0.116. The first-order valence-electron chi connectivity index (χ1n) is 10.0. The van der Waals surface area contributed by atoms with E-state index in [2.05, 4.69) is 15.0 Å². The zero-order chi connectivity index (χ0) is 22.7. The summed E-state index contributed by atoms with van der Waals surface area (Å²) in [4.78, 5) is 49.2. The van der Waals surface area contributed by atoms with E-state index in [-0.39, 0.29) is 36.3 Å². The van der Waals surface area contributed by atoms with E-state index in [0.717, 1.165) is 16.6 Å². The van der Waals surface area contributed by atoms with Gasteiger partial charge in [0, 0.05) is 6.54 Å². The van der Waals surface area contributed by atoms with Crippen molar-refractivity contribution in [1.29, 1.82) is 0 Å². The molecule has 9 nitrogen and oxygen atoms in total. The van der Waals surface area contributed by atoms with Crippen molar-refractivity contribution in [3.63, 3.8) is 0 Å².